The lowest BCUT2D eigenvalue weighted by Crippen LogP contribution is -2.34. The number of fused-ring (bicyclic) bond motifs is 4. The second-order valence-electron chi connectivity index (χ2n) is 34.7. The smallest absolute Gasteiger partial charge is 0.306 e. The molecule has 4 aromatic heterocycles. The first-order valence-electron chi connectivity index (χ1n) is 40.8. The molecule has 122 heavy (non-hydrogen) atoms. The van der Waals surface area contributed by atoms with Gasteiger partial charge in [-0.2, -0.15) is 0 Å². The van der Waals surface area contributed by atoms with Gasteiger partial charge in [0.15, 0.2) is 0 Å². The monoisotopic (exact) mass is 1670 g/mol. The Bertz CT molecular complexity index is 5200. The third kappa shape index (κ3) is 23.4. The fraction of sp³-hybridized carbons (Fsp3) is 0.429. The van der Waals surface area contributed by atoms with E-state index in [0.717, 1.165) is 0 Å². The van der Waals surface area contributed by atoms with Gasteiger partial charge in [0, 0.05) is 47.9 Å². The summed E-state index contributed by atoms with van der Waals surface area (Å²) in [6.45, 7) is 19.8. The number of aliphatic hydroxyl groups excluding tert-OH is 3. The molecule has 0 amide bonds. The van der Waals surface area contributed by atoms with Crippen molar-refractivity contribution < 1.29 is 92.8 Å². The summed E-state index contributed by atoms with van der Waals surface area (Å²) in [7, 11) is 0. The van der Waals surface area contributed by atoms with E-state index in [9.17, 15) is 54.9 Å². The molecule has 8 aromatic carbocycles. The lowest BCUT2D eigenvalue weighted by atomic mass is 9.84. The van der Waals surface area contributed by atoms with Crippen LogP contribution in [0.4, 0.5) is 0 Å². The largest absolute Gasteiger partial charge is 0.505 e. The molecule has 0 saturated heterocycles. The van der Waals surface area contributed by atoms with Crippen molar-refractivity contribution in [1.82, 2.24) is 60.0 Å². The number of hydrogen-bond donors (Lipinski definition) is 7. The summed E-state index contributed by atoms with van der Waals surface area (Å²) in [6, 6.07) is 43.4. The summed E-state index contributed by atoms with van der Waals surface area (Å²) in [6.07, 6.45) is -5.93. The molecule has 0 saturated carbocycles. The third-order valence-electron chi connectivity index (χ3n) is 20.2. The van der Waals surface area contributed by atoms with E-state index in [1.165, 1.54) is 19.2 Å². The van der Waals surface area contributed by atoms with Crippen LogP contribution in [0.25, 0.3) is 66.9 Å². The number of benzene rings is 8. The molecule has 0 fully saturated rings. The Kier molecular flexibility index (Phi) is 28.5. The molecular formula is C91H108N12O19. The number of phenolic OH excluding ortho intramolecular Hbond substituents is 4. The van der Waals surface area contributed by atoms with Gasteiger partial charge in [0.2, 0.25) is 0 Å². The number of aryl methyl sites for hydroxylation is 4. The molecule has 0 bridgehead atoms. The lowest BCUT2D eigenvalue weighted by Gasteiger charge is -2.23. The van der Waals surface area contributed by atoms with E-state index in [2.05, 4.69) is 40.8 Å². The SMILES string of the molecule is CC(C)(C)c1cc(CCC(=O)OCC(O)COCC(COCC(O)COCC(COCC(O)COC(=O)CCc2cc(-n3nc4ccccc4n3)c(O)c(C(C)(C)C)c2)OC(=O)CCc2cc(-n3nc4ccccc4n3)c(O)c(C(C)(C)C)c2)OC(=O)CCc2cc(-n3nc4ccccc4n3)c(O)c(C(C)(C)C)c2)cc(-n2nc3ccccc3n2)c1O. The van der Waals surface area contributed by atoms with Crippen LogP contribution in [-0.2, 0) is 104 Å². The van der Waals surface area contributed by atoms with E-state index < -0.39 is 89.3 Å². The first-order chi connectivity index (χ1) is 58.0. The molecule has 31 nitrogen and oxygen atoms in total. The Balaban J connectivity index is 0.677. The van der Waals surface area contributed by atoms with Gasteiger partial charge in [-0.15, -0.1) is 60.0 Å². The van der Waals surface area contributed by atoms with Gasteiger partial charge >= 0.3 is 23.9 Å². The number of aromatic nitrogens is 12. The lowest BCUT2D eigenvalue weighted by molar-refractivity contribution is -0.161. The minimum absolute atomic E-state index is 0.00830. The van der Waals surface area contributed by atoms with Gasteiger partial charge in [-0.3, -0.25) is 19.2 Å². The molecule has 4 unspecified atom stereocenters. The average molecular weight is 1670 g/mol. The zero-order valence-electron chi connectivity index (χ0n) is 70.9. The second-order valence-corrected chi connectivity index (χ2v) is 34.7. The molecule has 12 rings (SSSR count). The molecule has 0 aliphatic carbocycles. The molecule has 31 heteroatoms. The molecule has 0 aliphatic rings. The highest BCUT2D eigenvalue weighted by atomic mass is 16.6. The number of carbonyl (C=O) groups is 4. The van der Waals surface area contributed by atoms with Crippen molar-refractivity contribution >= 4 is 68.0 Å². The van der Waals surface area contributed by atoms with Crippen LogP contribution in [0.5, 0.6) is 23.0 Å². The number of aromatic hydroxyl groups is 4. The Morgan fingerprint density at radius 1 is 0.295 bits per heavy atom. The molecule has 0 radical (unpaired) electrons. The highest BCUT2D eigenvalue weighted by Gasteiger charge is 2.31. The van der Waals surface area contributed by atoms with Crippen LogP contribution < -0.4 is 0 Å². The number of ether oxygens (including phenoxy) is 8. The number of nitrogens with zero attached hydrogens (tertiary/aromatic N) is 12. The van der Waals surface area contributed by atoms with Crippen molar-refractivity contribution in [3.8, 4) is 45.7 Å². The molecule has 12 aromatic rings. The predicted molar refractivity (Wildman–Crippen MR) is 453 cm³/mol. The molecule has 646 valence electrons. The summed E-state index contributed by atoms with van der Waals surface area (Å²) < 4.78 is 46.7. The summed E-state index contributed by atoms with van der Waals surface area (Å²) in [5, 5.41) is 116. The van der Waals surface area contributed by atoms with Crippen LogP contribution in [0.15, 0.2) is 146 Å². The Morgan fingerprint density at radius 2 is 0.492 bits per heavy atom. The number of hydrogen-bond acceptors (Lipinski definition) is 27. The fourth-order valence-electron chi connectivity index (χ4n) is 13.8. The molecule has 4 atom stereocenters. The van der Waals surface area contributed by atoms with E-state index >= 15 is 0 Å². The van der Waals surface area contributed by atoms with Gasteiger partial charge in [-0.25, -0.2) is 0 Å². The molecule has 0 spiro atoms. The topological polar surface area (TPSA) is 407 Å². The van der Waals surface area contributed by atoms with Gasteiger partial charge in [-0.1, -0.05) is 156 Å². The minimum atomic E-state index is -1.32. The summed E-state index contributed by atoms with van der Waals surface area (Å²) in [5.41, 5.74) is 9.47. The fourth-order valence-corrected chi connectivity index (χ4v) is 13.8. The maximum Gasteiger partial charge on any atom is 0.306 e. The highest BCUT2D eigenvalue weighted by Crippen LogP contribution is 2.41. The van der Waals surface area contributed by atoms with E-state index in [0.29, 0.717) is 111 Å². The molecule has 0 aliphatic heterocycles. The Labute approximate surface area is 706 Å². The normalized spacial score (nSPS) is 13.5. The van der Waals surface area contributed by atoms with Crippen LogP contribution >= 0.6 is 0 Å². The van der Waals surface area contributed by atoms with Gasteiger partial charge in [0.05, 0.1) is 52.9 Å². The number of esters is 4. The zero-order chi connectivity index (χ0) is 87.4. The molecular weight excluding hydrogens is 1570 g/mol. The van der Waals surface area contributed by atoms with Crippen LogP contribution in [-0.4, -0.2) is 216 Å². The maximum atomic E-state index is 14.0. The van der Waals surface area contributed by atoms with Crippen LogP contribution in [0.2, 0.25) is 0 Å². The summed E-state index contributed by atoms with van der Waals surface area (Å²) >= 11 is 0. The van der Waals surface area contributed by atoms with E-state index in [1.54, 1.807) is 24.3 Å². The van der Waals surface area contributed by atoms with Crippen molar-refractivity contribution in [2.24, 2.45) is 0 Å². The van der Waals surface area contributed by atoms with E-state index in [1.807, 2.05) is 204 Å². The van der Waals surface area contributed by atoms with Crippen LogP contribution in [0.1, 0.15) is 153 Å². The van der Waals surface area contributed by atoms with Crippen molar-refractivity contribution in [1.29, 1.82) is 0 Å². The van der Waals surface area contributed by atoms with E-state index in [4.69, 9.17) is 37.9 Å². The van der Waals surface area contributed by atoms with Gasteiger partial charge in [0.25, 0.3) is 0 Å². The van der Waals surface area contributed by atoms with Gasteiger partial charge in [0.1, 0.15) is 134 Å². The average Bonchev–Trinajstić information content (AvgIpc) is 1.51. The van der Waals surface area contributed by atoms with Gasteiger partial charge < -0.3 is 73.6 Å². The van der Waals surface area contributed by atoms with E-state index in [-0.39, 0.29) is 127 Å². The number of aliphatic hydroxyl groups is 3. The first-order valence-corrected chi connectivity index (χ1v) is 40.8. The Morgan fingerprint density at radius 3 is 0.697 bits per heavy atom. The summed E-state index contributed by atoms with van der Waals surface area (Å²) in [5.74, 6) is -2.57. The van der Waals surface area contributed by atoms with Crippen LogP contribution in [0, 0.1) is 0 Å². The van der Waals surface area contributed by atoms with Gasteiger partial charge in [-0.05, 0) is 142 Å². The van der Waals surface area contributed by atoms with Crippen LogP contribution in [0.3, 0.4) is 0 Å². The maximum absolute atomic E-state index is 14.0. The number of rotatable bonds is 38. The first kappa shape index (κ1) is 89.4. The van der Waals surface area contributed by atoms with Crippen molar-refractivity contribution in [2.45, 2.75) is 187 Å². The quantitative estimate of drug-likeness (QED) is 0.0140. The highest BCUT2D eigenvalue weighted by molar-refractivity contribution is 5.78. The number of phenols is 4. The Hall–Kier alpha value is -11.8. The minimum Gasteiger partial charge on any atom is -0.505 e. The summed E-state index contributed by atoms with van der Waals surface area (Å²) in [4.78, 5) is 60.0. The third-order valence-corrected chi connectivity index (χ3v) is 20.2. The second kappa shape index (κ2) is 38.9. The molecule has 7 N–H and O–H groups in total. The predicted octanol–water partition coefficient (Wildman–Crippen LogP) is 11.5. The van der Waals surface area contributed by atoms with Crippen molar-refractivity contribution in [3.05, 3.63) is 190 Å². The van der Waals surface area contributed by atoms with Crippen molar-refractivity contribution in [3.63, 3.8) is 0 Å². The zero-order valence-corrected chi connectivity index (χ0v) is 70.9. The van der Waals surface area contributed by atoms with Crippen molar-refractivity contribution in [2.75, 3.05) is 66.1 Å². The molecule has 4 heterocycles. The standard InChI is InChI=1S/C91H108N12O19/c1-88(2,3)64-37-55(41-76(84(64)111)100-92-68-21-13-14-22-69(68)93-100)29-33-80(107)119-49-60(105)47-117-53-62(121-82(109)35-31-57-39-66(90(7,8)9)86(113)78(43-57)102-96-72-25-17-18-26-73(72)97-102)51-115-45-59(104)46-116-52-63(122-83(110)36-32-58-40-67(91(10,11)12)87(114)79(44-58)103-98-74-27-19-20-28-75(74)99-103)54-118-48-61(106)50-120-81(108)34-30-56-38-65(89(4,5)6)85(112)77(42-56)101-94-70-23-15-16-24-71(70)95-101/h13-28,37-44,59-63,104-106,111-114H,29-36,45-54H2,1-12H3. The number of carbonyl (C=O) groups excluding carboxylic acids is 4.